The Balaban J connectivity index is 1.54. The first-order valence-corrected chi connectivity index (χ1v) is 10.5. The standard InChI is InChI=1S/C17H31O4P/c1-2-3-4-5-6-7-8-9-10-12-16-15-17-13-11-14-19-22(18,20-16)21-17/h11,13,16-17H,2-10,12,14-15H2,1H3/t16-,17-,22+/m1/s1. The maximum absolute atomic E-state index is 12.2. The van der Waals surface area contributed by atoms with Gasteiger partial charge in [-0.2, -0.15) is 0 Å². The summed E-state index contributed by atoms with van der Waals surface area (Å²) in [6, 6.07) is 0. The van der Waals surface area contributed by atoms with Crippen molar-refractivity contribution in [3.63, 3.8) is 0 Å². The van der Waals surface area contributed by atoms with Crippen LogP contribution < -0.4 is 0 Å². The van der Waals surface area contributed by atoms with E-state index in [1.165, 1.54) is 51.4 Å². The summed E-state index contributed by atoms with van der Waals surface area (Å²) in [6.07, 6.45) is 17.3. The zero-order valence-corrected chi connectivity index (χ0v) is 14.8. The smallest absolute Gasteiger partial charge is 0.283 e. The Morgan fingerprint density at radius 1 is 1.00 bits per heavy atom. The summed E-state index contributed by atoms with van der Waals surface area (Å²) in [7, 11) is -3.30. The number of hydrogen-bond donors (Lipinski definition) is 0. The fraction of sp³-hybridized carbons (Fsp3) is 0.882. The normalized spacial score (nSPS) is 31.1. The first-order valence-electron chi connectivity index (χ1n) is 9.00. The highest BCUT2D eigenvalue weighted by atomic mass is 31.2. The third-order valence-electron chi connectivity index (χ3n) is 4.35. The minimum atomic E-state index is -3.30. The van der Waals surface area contributed by atoms with Gasteiger partial charge in [0.25, 0.3) is 0 Å². The molecule has 2 rings (SSSR count). The quantitative estimate of drug-likeness (QED) is 0.289. The average Bonchev–Trinajstić information content (AvgIpc) is 2.63. The van der Waals surface area contributed by atoms with Gasteiger partial charge in [-0.3, -0.25) is 13.6 Å². The molecule has 0 N–H and O–H groups in total. The van der Waals surface area contributed by atoms with Crippen molar-refractivity contribution in [3.8, 4) is 0 Å². The summed E-state index contributed by atoms with van der Waals surface area (Å²) in [5, 5.41) is 0. The predicted molar refractivity (Wildman–Crippen MR) is 88.9 cm³/mol. The molecule has 5 heteroatoms. The van der Waals surface area contributed by atoms with Gasteiger partial charge in [0.15, 0.2) is 0 Å². The van der Waals surface area contributed by atoms with E-state index in [0.29, 0.717) is 6.61 Å². The number of unbranched alkanes of at least 4 members (excludes halogenated alkanes) is 8. The molecule has 0 amide bonds. The second-order valence-corrected chi connectivity index (χ2v) is 7.97. The lowest BCUT2D eigenvalue weighted by Gasteiger charge is -2.31. The van der Waals surface area contributed by atoms with Crippen LogP contribution in [0.1, 0.15) is 77.6 Å². The maximum atomic E-state index is 12.2. The minimum Gasteiger partial charge on any atom is -0.283 e. The van der Waals surface area contributed by atoms with Gasteiger partial charge >= 0.3 is 7.82 Å². The van der Waals surface area contributed by atoms with Crippen molar-refractivity contribution in [2.24, 2.45) is 0 Å². The van der Waals surface area contributed by atoms with Crippen molar-refractivity contribution in [3.05, 3.63) is 12.2 Å². The minimum absolute atomic E-state index is 0.0110. The van der Waals surface area contributed by atoms with Crippen molar-refractivity contribution in [1.82, 2.24) is 0 Å². The Morgan fingerprint density at radius 2 is 1.68 bits per heavy atom. The lowest BCUT2D eigenvalue weighted by molar-refractivity contribution is 0.00903. The summed E-state index contributed by atoms with van der Waals surface area (Å²) in [6.45, 7) is 2.57. The van der Waals surface area contributed by atoms with Crippen molar-refractivity contribution < 1.29 is 18.1 Å². The van der Waals surface area contributed by atoms with Gasteiger partial charge in [-0.05, 0) is 6.42 Å². The first-order chi connectivity index (χ1) is 10.7. The third kappa shape index (κ3) is 6.54. The molecule has 1 fully saturated rings. The summed E-state index contributed by atoms with van der Waals surface area (Å²) in [5.74, 6) is 0. The number of fused-ring (bicyclic) bond motifs is 2. The second-order valence-electron chi connectivity index (χ2n) is 6.40. The molecule has 0 radical (unpaired) electrons. The summed E-state index contributed by atoms with van der Waals surface area (Å²) in [5.41, 5.74) is 0. The molecular formula is C17H31O4P. The number of phosphoric acid groups is 1. The van der Waals surface area contributed by atoms with Crippen molar-refractivity contribution in [2.75, 3.05) is 6.61 Å². The highest BCUT2D eigenvalue weighted by molar-refractivity contribution is 7.48. The van der Waals surface area contributed by atoms with Crippen molar-refractivity contribution in [1.29, 1.82) is 0 Å². The van der Waals surface area contributed by atoms with E-state index in [1.54, 1.807) is 0 Å². The molecule has 2 aliphatic rings. The Kier molecular flexibility index (Phi) is 8.16. The van der Waals surface area contributed by atoms with E-state index in [4.69, 9.17) is 13.6 Å². The van der Waals surface area contributed by atoms with Crippen molar-refractivity contribution in [2.45, 2.75) is 89.8 Å². The zero-order valence-electron chi connectivity index (χ0n) is 13.9. The molecule has 22 heavy (non-hydrogen) atoms. The number of rotatable bonds is 10. The van der Waals surface area contributed by atoms with E-state index in [0.717, 1.165) is 19.3 Å². The molecule has 0 spiro atoms. The largest absolute Gasteiger partial charge is 0.475 e. The average molecular weight is 330 g/mol. The lowest BCUT2D eigenvalue weighted by Crippen LogP contribution is -2.26. The van der Waals surface area contributed by atoms with Crippen LogP contribution in [-0.2, 0) is 18.1 Å². The monoisotopic (exact) mass is 330 g/mol. The van der Waals surface area contributed by atoms with E-state index < -0.39 is 7.82 Å². The fourth-order valence-electron chi connectivity index (χ4n) is 3.09. The van der Waals surface area contributed by atoms with Crippen LogP contribution in [0.4, 0.5) is 0 Å². The SMILES string of the molecule is CCCCCCCCCCC[C@@H]1C[C@H]2C=CCO[P@@](=O)(O1)O2. The highest BCUT2D eigenvalue weighted by Gasteiger charge is 2.40. The van der Waals surface area contributed by atoms with Crippen LogP contribution >= 0.6 is 7.82 Å². The van der Waals surface area contributed by atoms with Crippen LogP contribution in [0.3, 0.4) is 0 Å². The van der Waals surface area contributed by atoms with Crippen LogP contribution in [0, 0.1) is 0 Å². The molecule has 2 heterocycles. The van der Waals surface area contributed by atoms with E-state index >= 15 is 0 Å². The third-order valence-corrected chi connectivity index (χ3v) is 5.90. The molecule has 1 saturated heterocycles. The Bertz CT molecular complexity index is 383. The van der Waals surface area contributed by atoms with Crippen LogP contribution in [0.2, 0.25) is 0 Å². The van der Waals surface area contributed by atoms with Gasteiger partial charge in [0.05, 0.1) is 18.8 Å². The van der Waals surface area contributed by atoms with E-state index in [2.05, 4.69) is 6.92 Å². The number of phosphoric ester groups is 1. The maximum Gasteiger partial charge on any atom is 0.475 e. The Morgan fingerprint density at radius 3 is 2.41 bits per heavy atom. The van der Waals surface area contributed by atoms with Gasteiger partial charge in [-0.1, -0.05) is 76.9 Å². The summed E-state index contributed by atoms with van der Waals surface area (Å²) >= 11 is 0. The molecule has 4 nitrogen and oxygen atoms in total. The predicted octanol–water partition coefficient (Wildman–Crippen LogP) is 5.78. The van der Waals surface area contributed by atoms with Crippen molar-refractivity contribution >= 4 is 7.82 Å². The molecule has 2 aliphatic heterocycles. The van der Waals surface area contributed by atoms with Gasteiger partial charge in [-0.25, -0.2) is 4.57 Å². The van der Waals surface area contributed by atoms with Gasteiger partial charge in [0.2, 0.25) is 0 Å². The molecule has 0 unspecified atom stereocenters. The molecule has 0 aromatic rings. The molecule has 128 valence electrons. The second kappa shape index (κ2) is 9.87. The van der Waals surface area contributed by atoms with Crippen LogP contribution in [-0.4, -0.2) is 18.8 Å². The highest BCUT2D eigenvalue weighted by Crippen LogP contribution is 2.57. The van der Waals surface area contributed by atoms with Gasteiger partial charge in [0.1, 0.15) is 0 Å². The molecule has 2 bridgehead atoms. The van der Waals surface area contributed by atoms with Gasteiger partial charge in [-0.15, -0.1) is 0 Å². The topological polar surface area (TPSA) is 44.8 Å². The number of hydrogen-bond acceptors (Lipinski definition) is 4. The lowest BCUT2D eigenvalue weighted by atomic mass is 10.0. The fourth-order valence-corrected chi connectivity index (χ4v) is 4.57. The van der Waals surface area contributed by atoms with E-state index in [-0.39, 0.29) is 12.2 Å². The molecule has 0 aromatic heterocycles. The van der Waals surface area contributed by atoms with Gasteiger partial charge in [0, 0.05) is 6.42 Å². The summed E-state index contributed by atoms with van der Waals surface area (Å²) in [4.78, 5) is 0. The van der Waals surface area contributed by atoms with Crippen LogP contribution in [0.15, 0.2) is 12.2 Å². The molecular weight excluding hydrogens is 299 g/mol. The Labute approximate surface area is 135 Å². The molecule has 0 aliphatic carbocycles. The van der Waals surface area contributed by atoms with Crippen LogP contribution in [0.5, 0.6) is 0 Å². The molecule has 3 atom stereocenters. The van der Waals surface area contributed by atoms with E-state index in [9.17, 15) is 4.57 Å². The summed E-state index contributed by atoms with van der Waals surface area (Å²) < 4.78 is 28.4. The van der Waals surface area contributed by atoms with E-state index in [1.807, 2.05) is 12.2 Å². The molecule has 0 aromatic carbocycles. The van der Waals surface area contributed by atoms with Gasteiger partial charge < -0.3 is 0 Å². The van der Waals surface area contributed by atoms with Crippen LogP contribution in [0.25, 0.3) is 0 Å². The first kappa shape index (κ1) is 18.2. The molecule has 0 saturated carbocycles. The zero-order chi connectivity index (χ0) is 15.7. The Hall–Kier alpha value is -0.150.